The third-order valence-corrected chi connectivity index (χ3v) is 6.48. The minimum atomic E-state index is -0.505. The number of pyridine rings is 1. The highest BCUT2D eigenvalue weighted by Gasteiger charge is 2.25. The number of carbonyl (C=O) groups excluding carboxylic acids is 1. The fraction of sp³-hybridized carbons (Fsp3) is 0.296. The fourth-order valence-electron chi connectivity index (χ4n) is 4.66. The summed E-state index contributed by atoms with van der Waals surface area (Å²) < 4.78 is 15.1. The summed E-state index contributed by atoms with van der Waals surface area (Å²) in [6.07, 6.45) is 7.58. The van der Waals surface area contributed by atoms with Crippen molar-refractivity contribution >= 4 is 11.4 Å². The van der Waals surface area contributed by atoms with Crippen LogP contribution in [0.15, 0.2) is 67.0 Å². The number of hydrogen-bond acceptors (Lipinski definition) is 4. The molecule has 1 aliphatic rings. The van der Waals surface area contributed by atoms with E-state index in [-0.39, 0.29) is 11.9 Å². The summed E-state index contributed by atoms with van der Waals surface area (Å²) in [5, 5.41) is 17.7. The Labute approximate surface area is 197 Å². The standard InChI is InChI=1S/C27H27FN4O2/c28-26-16-20(11-12-29-26)14-18-7-9-19(10-8-18)15-21-17-23(31-32-13-3-5-24(21)32)27(34)30-22-4-1-2-6-25(22)33/h3,5,7-13,16-17,22,25,33H,1-2,4,6,14-15H2,(H,30,34)/t22-,25-/m0/s1. The first-order valence-electron chi connectivity index (χ1n) is 11.7. The fourth-order valence-corrected chi connectivity index (χ4v) is 4.66. The van der Waals surface area contributed by atoms with Crippen molar-refractivity contribution in [3.8, 4) is 0 Å². The Balaban J connectivity index is 1.34. The van der Waals surface area contributed by atoms with Crippen molar-refractivity contribution in [1.29, 1.82) is 0 Å². The zero-order valence-corrected chi connectivity index (χ0v) is 18.8. The van der Waals surface area contributed by atoms with Crippen LogP contribution in [0.2, 0.25) is 0 Å². The van der Waals surface area contributed by atoms with Gasteiger partial charge in [0.15, 0.2) is 0 Å². The second-order valence-electron chi connectivity index (χ2n) is 8.98. The van der Waals surface area contributed by atoms with Crippen molar-refractivity contribution in [3.63, 3.8) is 0 Å². The number of aliphatic hydroxyl groups is 1. The van der Waals surface area contributed by atoms with Gasteiger partial charge in [-0.15, -0.1) is 0 Å². The van der Waals surface area contributed by atoms with Crippen molar-refractivity contribution in [3.05, 3.63) is 101 Å². The maximum Gasteiger partial charge on any atom is 0.272 e. The Bertz CT molecular complexity index is 1300. The third kappa shape index (κ3) is 4.99. The molecule has 0 unspecified atom stereocenters. The van der Waals surface area contributed by atoms with Gasteiger partial charge >= 0.3 is 0 Å². The van der Waals surface area contributed by atoms with Gasteiger partial charge in [0.1, 0.15) is 5.69 Å². The molecule has 4 aromatic rings. The van der Waals surface area contributed by atoms with Crippen LogP contribution in [0.3, 0.4) is 0 Å². The summed E-state index contributed by atoms with van der Waals surface area (Å²) in [6, 6.07) is 17.0. The summed E-state index contributed by atoms with van der Waals surface area (Å²) in [4.78, 5) is 16.5. The molecule has 0 radical (unpaired) electrons. The van der Waals surface area contributed by atoms with Gasteiger partial charge in [-0.2, -0.15) is 9.49 Å². The zero-order valence-electron chi connectivity index (χ0n) is 18.8. The Morgan fingerprint density at radius 1 is 1.03 bits per heavy atom. The Morgan fingerprint density at radius 2 is 1.79 bits per heavy atom. The van der Waals surface area contributed by atoms with Gasteiger partial charge in [0, 0.05) is 12.4 Å². The summed E-state index contributed by atoms with van der Waals surface area (Å²) >= 11 is 0. The van der Waals surface area contributed by atoms with Crippen LogP contribution in [-0.4, -0.2) is 37.8 Å². The lowest BCUT2D eigenvalue weighted by Crippen LogP contribution is -2.45. The molecule has 0 saturated heterocycles. The molecular weight excluding hydrogens is 431 g/mol. The van der Waals surface area contributed by atoms with Crippen molar-refractivity contribution in [1.82, 2.24) is 19.9 Å². The number of halogens is 1. The van der Waals surface area contributed by atoms with E-state index in [0.29, 0.717) is 25.0 Å². The van der Waals surface area contributed by atoms with Crippen molar-refractivity contribution in [2.75, 3.05) is 0 Å². The van der Waals surface area contributed by atoms with Crippen LogP contribution in [0.4, 0.5) is 4.39 Å². The molecule has 1 aliphatic carbocycles. The first kappa shape index (κ1) is 22.2. The monoisotopic (exact) mass is 458 g/mol. The largest absolute Gasteiger partial charge is 0.391 e. The molecule has 2 N–H and O–H groups in total. The highest BCUT2D eigenvalue weighted by Crippen LogP contribution is 2.21. The number of aliphatic hydroxyl groups excluding tert-OH is 1. The van der Waals surface area contributed by atoms with E-state index in [0.717, 1.165) is 47.0 Å². The minimum Gasteiger partial charge on any atom is -0.391 e. The molecule has 1 saturated carbocycles. The van der Waals surface area contributed by atoms with Crippen LogP contribution in [0.5, 0.6) is 0 Å². The molecule has 3 aromatic heterocycles. The van der Waals surface area contributed by atoms with E-state index < -0.39 is 12.1 Å². The number of benzene rings is 1. The summed E-state index contributed by atoms with van der Waals surface area (Å²) in [6.45, 7) is 0. The molecule has 1 amide bonds. The molecule has 174 valence electrons. The lowest BCUT2D eigenvalue weighted by atomic mass is 9.92. The van der Waals surface area contributed by atoms with Gasteiger partial charge in [0.05, 0.1) is 17.7 Å². The van der Waals surface area contributed by atoms with Gasteiger partial charge in [0.2, 0.25) is 5.95 Å². The number of amides is 1. The number of hydrogen-bond donors (Lipinski definition) is 2. The lowest BCUT2D eigenvalue weighted by Gasteiger charge is -2.28. The number of nitrogens with zero attached hydrogens (tertiary/aromatic N) is 3. The van der Waals surface area contributed by atoms with Crippen LogP contribution in [0.1, 0.15) is 58.4 Å². The van der Waals surface area contributed by atoms with E-state index in [1.807, 2.05) is 42.6 Å². The van der Waals surface area contributed by atoms with Crippen molar-refractivity contribution in [2.45, 2.75) is 50.7 Å². The molecule has 5 rings (SSSR count). The predicted molar refractivity (Wildman–Crippen MR) is 127 cm³/mol. The number of rotatable bonds is 6. The second-order valence-corrected chi connectivity index (χ2v) is 8.98. The normalized spacial score (nSPS) is 18.2. The topological polar surface area (TPSA) is 79.5 Å². The summed E-state index contributed by atoms with van der Waals surface area (Å²) in [5.74, 6) is -0.733. The van der Waals surface area contributed by atoms with Crippen molar-refractivity contribution in [2.24, 2.45) is 0 Å². The summed E-state index contributed by atoms with van der Waals surface area (Å²) in [7, 11) is 0. The molecule has 34 heavy (non-hydrogen) atoms. The van der Waals surface area contributed by atoms with E-state index >= 15 is 0 Å². The third-order valence-electron chi connectivity index (χ3n) is 6.48. The van der Waals surface area contributed by atoms with Crippen LogP contribution >= 0.6 is 0 Å². The van der Waals surface area contributed by atoms with E-state index in [1.54, 1.807) is 4.52 Å². The molecule has 7 heteroatoms. The van der Waals surface area contributed by atoms with Crippen LogP contribution in [-0.2, 0) is 12.8 Å². The predicted octanol–water partition coefficient (Wildman–Crippen LogP) is 4.08. The van der Waals surface area contributed by atoms with E-state index in [9.17, 15) is 14.3 Å². The molecule has 6 nitrogen and oxygen atoms in total. The highest BCUT2D eigenvalue weighted by atomic mass is 19.1. The van der Waals surface area contributed by atoms with Gasteiger partial charge in [0.25, 0.3) is 5.91 Å². The number of nitrogens with one attached hydrogen (secondary N) is 1. The van der Waals surface area contributed by atoms with Gasteiger partial charge in [-0.1, -0.05) is 37.1 Å². The first-order chi connectivity index (χ1) is 16.5. The maximum atomic E-state index is 13.4. The highest BCUT2D eigenvalue weighted by molar-refractivity contribution is 5.93. The Hall–Kier alpha value is -3.58. The van der Waals surface area contributed by atoms with Crippen LogP contribution in [0, 0.1) is 5.95 Å². The van der Waals surface area contributed by atoms with Gasteiger partial charge in [-0.05, 0) is 78.3 Å². The van der Waals surface area contributed by atoms with Gasteiger partial charge < -0.3 is 10.4 Å². The number of fused-ring (bicyclic) bond motifs is 1. The van der Waals surface area contributed by atoms with Crippen LogP contribution < -0.4 is 5.32 Å². The number of aromatic nitrogens is 3. The smallest absolute Gasteiger partial charge is 0.272 e. The van der Waals surface area contributed by atoms with Crippen molar-refractivity contribution < 1.29 is 14.3 Å². The maximum absolute atomic E-state index is 13.4. The van der Waals surface area contributed by atoms with E-state index in [4.69, 9.17) is 0 Å². The quantitative estimate of drug-likeness (QED) is 0.427. The average molecular weight is 459 g/mol. The summed E-state index contributed by atoms with van der Waals surface area (Å²) in [5.41, 5.74) is 5.36. The molecule has 3 heterocycles. The first-order valence-corrected chi connectivity index (χ1v) is 11.7. The number of carbonyl (C=O) groups is 1. The van der Waals surface area contributed by atoms with E-state index in [1.165, 1.54) is 12.3 Å². The molecule has 1 aromatic carbocycles. The molecule has 0 bridgehead atoms. The zero-order chi connectivity index (χ0) is 23.5. The van der Waals surface area contributed by atoms with Gasteiger partial charge in [-0.3, -0.25) is 4.79 Å². The minimum absolute atomic E-state index is 0.228. The Morgan fingerprint density at radius 3 is 2.56 bits per heavy atom. The molecule has 2 atom stereocenters. The Kier molecular flexibility index (Phi) is 6.36. The molecular formula is C27H27FN4O2. The second kappa shape index (κ2) is 9.73. The average Bonchev–Trinajstić information content (AvgIpc) is 3.31. The molecule has 0 spiro atoms. The SMILES string of the molecule is O=C(N[C@H]1CCCC[C@@H]1O)c1cc(Cc2ccc(Cc3ccnc(F)c3)cc2)c2cccn2n1. The molecule has 1 fully saturated rings. The lowest BCUT2D eigenvalue weighted by molar-refractivity contribution is 0.0713. The van der Waals surface area contributed by atoms with Crippen LogP contribution in [0.25, 0.3) is 5.52 Å². The van der Waals surface area contributed by atoms with Gasteiger partial charge in [-0.25, -0.2) is 9.50 Å². The molecule has 0 aliphatic heterocycles. The van der Waals surface area contributed by atoms with E-state index in [2.05, 4.69) is 27.5 Å².